The molecule has 1 aliphatic carbocycles. The number of hydrogen-bond acceptors (Lipinski definition) is 1. The third kappa shape index (κ3) is 1.59. The van der Waals surface area contributed by atoms with Gasteiger partial charge in [-0.2, -0.15) is 0 Å². The van der Waals surface area contributed by atoms with Crippen LogP contribution in [0.25, 0.3) is 10.9 Å². The monoisotopic (exact) mass is 254 g/mol. The quantitative estimate of drug-likeness (QED) is 0.820. The second-order valence-corrected chi connectivity index (χ2v) is 6.35. The van der Waals surface area contributed by atoms with Crippen molar-refractivity contribution in [2.75, 3.05) is 6.54 Å². The number of benzene rings is 1. The van der Waals surface area contributed by atoms with E-state index in [9.17, 15) is 0 Å². The summed E-state index contributed by atoms with van der Waals surface area (Å²) in [6, 6.07) is 7.72. The lowest BCUT2D eigenvalue weighted by Gasteiger charge is -2.31. The second-order valence-electron chi connectivity index (χ2n) is 6.35. The Morgan fingerprint density at radius 2 is 2.21 bits per heavy atom. The molecule has 0 saturated carbocycles. The minimum absolute atomic E-state index is 0.604. The first-order chi connectivity index (χ1) is 9.25. The van der Waals surface area contributed by atoms with Gasteiger partial charge in [-0.15, -0.1) is 0 Å². The van der Waals surface area contributed by atoms with Crippen LogP contribution in [0.1, 0.15) is 55.5 Å². The minimum Gasteiger partial charge on any atom is -0.342 e. The van der Waals surface area contributed by atoms with Crippen LogP contribution in [-0.2, 0) is 13.0 Å². The van der Waals surface area contributed by atoms with E-state index < -0.39 is 0 Å². The molecule has 2 heterocycles. The Hall–Kier alpha value is -1.28. The minimum atomic E-state index is 0.604. The Morgan fingerprint density at radius 1 is 1.32 bits per heavy atom. The summed E-state index contributed by atoms with van der Waals surface area (Å²) in [6.07, 6.45) is 3.90. The molecule has 1 aliphatic heterocycles. The number of aromatic nitrogens is 1. The van der Waals surface area contributed by atoms with Gasteiger partial charge in [0.1, 0.15) is 0 Å². The first-order valence-corrected chi connectivity index (χ1v) is 7.64. The van der Waals surface area contributed by atoms with Gasteiger partial charge < -0.3 is 9.88 Å². The van der Waals surface area contributed by atoms with E-state index in [-0.39, 0.29) is 0 Å². The normalized spacial score (nSPS) is 21.9. The third-order valence-corrected chi connectivity index (χ3v) is 4.88. The molecule has 0 bridgehead atoms. The van der Waals surface area contributed by atoms with Gasteiger partial charge in [-0.25, -0.2) is 0 Å². The molecular formula is C17H22N2. The number of fused-ring (bicyclic) bond motifs is 3. The van der Waals surface area contributed by atoms with Crippen molar-refractivity contribution in [2.45, 2.75) is 51.6 Å². The summed E-state index contributed by atoms with van der Waals surface area (Å²) in [4.78, 5) is 0. The summed E-state index contributed by atoms with van der Waals surface area (Å²) in [5.74, 6) is 0.617. The van der Waals surface area contributed by atoms with Gasteiger partial charge in [-0.1, -0.05) is 19.9 Å². The smallest absolute Gasteiger partial charge is 0.0486 e. The molecule has 0 fully saturated rings. The van der Waals surface area contributed by atoms with Crippen LogP contribution in [0.3, 0.4) is 0 Å². The van der Waals surface area contributed by atoms with Gasteiger partial charge in [0.05, 0.1) is 0 Å². The van der Waals surface area contributed by atoms with Gasteiger partial charge in [0.15, 0.2) is 0 Å². The van der Waals surface area contributed by atoms with Gasteiger partial charge in [0.2, 0.25) is 0 Å². The van der Waals surface area contributed by atoms with Gasteiger partial charge in [-0.05, 0) is 48.4 Å². The van der Waals surface area contributed by atoms with Crippen molar-refractivity contribution in [1.29, 1.82) is 0 Å². The average molecular weight is 254 g/mol. The molecule has 2 nitrogen and oxygen atoms in total. The first-order valence-electron chi connectivity index (χ1n) is 7.64. The molecule has 0 amide bonds. The number of aryl methyl sites for hydroxylation is 1. The van der Waals surface area contributed by atoms with Crippen molar-refractivity contribution in [3.63, 3.8) is 0 Å². The maximum absolute atomic E-state index is 3.69. The molecule has 2 aromatic rings. The van der Waals surface area contributed by atoms with Crippen molar-refractivity contribution in [3.05, 3.63) is 35.0 Å². The summed E-state index contributed by atoms with van der Waals surface area (Å²) in [5, 5.41) is 5.22. The molecule has 0 spiro atoms. The topological polar surface area (TPSA) is 17.0 Å². The summed E-state index contributed by atoms with van der Waals surface area (Å²) in [7, 11) is 0. The molecule has 19 heavy (non-hydrogen) atoms. The van der Waals surface area contributed by atoms with E-state index in [1.807, 2.05) is 0 Å². The molecule has 0 saturated heterocycles. The largest absolute Gasteiger partial charge is 0.342 e. The molecule has 100 valence electrons. The Kier molecular flexibility index (Phi) is 2.49. The van der Waals surface area contributed by atoms with E-state index in [0.717, 1.165) is 13.1 Å². The highest BCUT2D eigenvalue weighted by molar-refractivity contribution is 5.87. The van der Waals surface area contributed by atoms with Crippen molar-refractivity contribution in [2.24, 2.45) is 0 Å². The molecule has 0 unspecified atom stereocenters. The van der Waals surface area contributed by atoms with Crippen LogP contribution in [0, 0.1) is 0 Å². The van der Waals surface area contributed by atoms with Crippen LogP contribution in [0.4, 0.5) is 0 Å². The lowest BCUT2D eigenvalue weighted by molar-refractivity contribution is 0.384. The predicted octanol–water partition coefficient (Wildman–Crippen LogP) is 3.75. The molecule has 1 aromatic heterocycles. The van der Waals surface area contributed by atoms with E-state index in [0.29, 0.717) is 12.0 Å². The molecule has 2 aliphatic rings. The van der Waals surface area contributed by atoms with Crippen LogP contribution in [-0.4, -0.2) is 11.1 Å². The lowest BCUT2D eigenvalue weighted by atomic mass is 9.90. The summed E-state index contributed by atoms with van der Waals surface area (Å²) in [5.41, 5.74) is 6.15. The number of hydrogen-bond donors (Lipinski definition) is 1. The first kappa shape index (κ1) is 11.5. The van der Waals surface area contributed by atoms with Crippen LogP contribution in [0.15, 0.2) is 18.2 Å². The van der Waals surface area contributed by atoms with E-state index in [1.165, 1.54) is 35.7 Å². The standard InChI is InChI=1S/C17H22N2/c1-11(2)12-6-7-16-14(10-12)13-4-3-5-15-17(13)19(16)9-8-18-15/h6-7,10-11,15,18H,3-5,8-9H2,1-2H3/t15-/m0/s1. The number of nitrogens with one attached hydrogen (secondary N) is 1. The van der Waals surface area contributed by atoms with Crippen LogP contribution in [0.5, 0.6) is 0 Å². The predicted molar refractivity (Wildman–Crippen MR) is 79.7 cm³/mol. The fraction of sp³-hybridized carbons (Fsp3) is 0.529. The summed E-state index contributed by atoms with van der Waals surface area (Å²) < 4.78 is 2.58. The van der Waals surface area contributed by atoms with Gasteiger partial charge >= 0.3 is 0 Å². The maximum Gasteiger partial charge on any atom is 0.0486 e. The van der Waals surface area contributed by atoms with E-state index in [2.05, 4.69) is 41.9 Å². The highest BCUT2D eigenvalue weighted by Crippen LogP contribution is 2.39. The van der Waals surface area contributed by atoms with E-state index in [1.54, 1.807) is 11.3 Å². The highest BCUT2D eigenvalue weighted by atomic mass is 15.1. The fourth-order valence-corrected chi connectivity index (χ4v) is 3.89. The molecule has 0 radical (unpaired) electrons. The zero-order valence-electron chi connectivity index (χ0n) is 11.9. The molecule has 1 atom stereocenters. The lowest BCUT2D eigenvalue weighted by Crippen LogP contribution is -2.35. The Morgan fingerprint density at radius 3 is 3.05 bits per heavy atom. The van der Waals surface area contributed by atoms with Gasteiger partial charge in [0, 0.05) is 35.7 Å². The van der Waals surface area contributed by atoms with Crippen LogP contribution in [0.2, 0.25) is 0 Å². The fourth-order valence-electron chi connectivity index (χ4n) is 3.89. The van der Waals surface area contributed by atoms with Crippen molar-refractivity contribution in [3.8, 4) is 0 Å². The van der Waals surface area contributed by atoms with Crippen molar-refractivity contribution in [1.82, 2.24) is 9.88 Å². The van der Waals surface area contributed by atoms with Crippen LogP contribution < -0.4 is 5.32 Å². The molecule has 1 aromatic carbocycles. The zero-order valence-corrected chi connectivity index (χ0v) is 11.9. The Bertz CT molecular complexity index is 634. The van der Waals surface area contributed by atoms with E-state index in [4.69, 9.17) is 0 Å². The van der Waals surface area contributed by atoms with Crippen molar-refractivity contribution < 1.29 is 0 Å². The highest BCUT2D eigenvalue weighted by Gasteiger charge is 2.29. The van der Waals surface area contributed by atoms with Crippen molar-refractivity contribution >= 4 is 10.9 Å². The summed E-state index contributed by atoms with van der Waals surface area (Å²) >= 11 is 0. The van der Waals surface area contributed by atoms with Gasteiger partial charge in [0.25, 0.3) is 0 Å². The molecule has 4 rings (SSSR count). The average Bonchev–Trinajstić information content (AvgIpc) is 2.76. The molecule has 2 heteroatoms. The Balaban J connectivity index is 2.02. The number of nitrogens with zero attached hydrogens (tertiary/aromatic N) is 1. The van der Waals surface area contributed by atoms with Gasteiger partial charge in [-0.3, -0.25) is 0 Å². The van der Waals surface area contributed by atoms with Crippen LogP contribution >= 0.6 is 0 Å². The molecular weight excluding hydrogens is 232 g/mol. The zero-order chi connectivity index (χ0) is 13.0. The SMILES string of the molecule is CC(C)c1ccc2c(c1)c1c3n2CCN[C@H]3CCC1. The number of rotatable bonds is 1. The van der Waals surface area contributed by atoms with E-state index >= 15 is 0 Å². The maximum atomic E-state index is 3.69. The second kappa shape index (κ2) is 4.11. The summed E-state index contributed by atoms with van der Waals surface area (Å²) in [6.45, 7) is 6.82. The molecule has 1 N–H and O–H groups in total. The third-order valence-electron chi connectivity index (χ3n) is 4.88. The Labute approximate surface area is 114 Å².